The summed E-state index contributed by atoms with van der Waals surface area (Å²) in [7, 11) is 0. The molecule has 4 aromatic rings. The largest absolute Gasteiger partial charge is 0.232 e. The molecule has 1 heterocycles. The van der Waals surface area contributed by atoms with Gasteiger partial charge in [0.15, 0.2) is 0 Å². The Bertz CT molecular complexity index is 1080. The summed E-state index contributed by atoms with van der Waals surface area (Å²) in [5.41, 5.74) is 4.72. The van der Waals surface area contributed by atoms with Gasteiger partial charge in [0, 0.05) is 30.1 Å². The Kier molecular flexibility index (Phi) is 5.42. The number of halogens is 4. The van der Waals surface area contributed by atoms with E-state index in [1.165, 1.54) is 0 Å². The quantitative estimate of drug-likeness (QED) is 0.266. The standard InChI is InChI=1S/C21H12Br2Cl2N2/c22-15-5-1-13(2-6-15)20-12-21(14-3-7-16(23)8-4-14)27(26-20)19-10-17(24)9-18(25)11-19/h1-12H. The highest BCUT2D eigenvalue weighted by Gasteiger charge is 2.14. The third kappa shape index (κ3) is 4.14. The van der Waals surface area contributed by atoms with Gasteiger partial charge >= 0.3 is 0 Å². The van der Waals surface area contributed by atoms with Gasteiger partial charge in [-0.3, -0.25) is 0 Å². The van der Waals surface area contributed by atoms with Crippen LogP contribution >= 0.6 is 55.1 Å². The highest BCUT2D eigenvalue weighted by atomic mass is 79.9. The van der Waals surface area contributed by atoms with Crippen molar-refractivity contribution in [3.8, 4) is 28.2 Å². The smallest absolute Gasteiger partial charge is 0.0934 e. The molecular formula is C21H12Br2Cl2N2. The fraction of sp³-hybridized carbons (Fsp3) is 0. The second kappa shape index (κ2) is 7.80. The fourth-order valence-electron chi connectivity index (χ4n) is 2.83. The highest BCUT2D eigenvalue weighted by molar-refractivity contribution is 9.10. The first-order valence-electron chi connectivity index (χ1n) is 8.08. The molecule has 27 heavy (non-hydrogen) atoms. The maximum atomic E-state index is 6.22. The lowest BCUT2D eigenvalue weighted by atomic mass is 10.1. The molecule has 0 aliphatic rings. The molecule has 2 nitrogen and oxygen atoms in total. The molecule has 4 rings (SSSR count). The molecule has 0 aliphatic carbocycles. The molecule has 0 unspecified atom stereocenters. The summed E-state index contributed by atoms with van der Waals surface area (Å²) in [4.78, 5) is 0. The lowest BCUT2D eigenvalue weighted by molar-refractivity contribution is 0.892. The SMILES string of the molecule is Clc1cc(Cl)cc(-n2nc(-c3ccc(Br)cc3)cc2-c2ccc(Br)cc2)c1. The van der Waals surface area contributed by atoms with Gasteiger partial charge in [-0.05, 0) is 48.5 Å². The Hall–Kier alpha value is -1.59. The van der Waals surface area contributed by atoms with Gasteiger partial charge in [-0.25, -0.2) is 4.68 Å². The summed E-state index contributed by atoms with van der Waals surface area (Å²) in [5, 5.41) is 5.97. The molecule has 1 aromatic heterocycles. The van der Waals surface area contributed by atoms with Crippen LogP contribution in [0.15, 0.2) is 81.7 Å². The average Bonchev–Trinajstić information content (AvgIpc) is 3.07. The van der Waals surface area contributed by atoms with E-state index in [0.29, 0.717) is 10.0 Å². The van der Waals surface area contributed by atoms with Crippen molar-refractivity contribution in [2.45, 2.75) is 0 Å². The Morgan fingerprint density at radius 1 is 0.667 bits per heavy atom. The maximum absolute atomic E-state index is 6.22. The van der Waals surface area contributed by atoms with E-state index in [-0.39, 0.29) is 0 Å². The Morgan fingerprint density at radius 3 is 1.74 bits per heavy atom. The van der Waals surface area contributed by atoms with Crippen LogP contribution in [0.1, 0.15) is 0 Å². The van der Waals surface area contributed by atoms with Crippen molar-refractivity contribution >= 4 is 55.1 Å². The molecule has 0 N–H and O–H groups in total. The fourth-order valence-corrected chi connectivity index (χ4v) is 3.87. The van der Waals surface area contributed by atoms with Gasteiger partial charge in [0.25, 0.3) is 0 Å². The molecule has 134 valence electrons. The van der Waals surface area contributed by atoms with E-state index >= 15 is 0 Å². The number of benzene rings is 3. The van der Waals surface area contributed by atoms with Gasteiger partial charge in [0.1, 0.15) is 0 Å². The molecule has 0 saturated heterocycles. The minimum Gasteiger partial charge on any atom is -0.232 e. The normalized spacial score (nSPS) is 11.0. The van der Waals surface area contributed by atoms with Crippen LogP contribution in [0, 0.1) is 0 Å². The number of hydrogen-bond acceptors (Lipinski definition) is 1. The Balaban J connectivity index is 1.92. The lowest BCUT2D eigenvalue weighted by Gasteiger charge is -2.09. The summed E-state index contributed by atoms with van der Waals surface area (Å²) in [6.07, 6.45) is 0. The zero-order valence-corrected chi connectivity index (χ0v) is 18.5. The number of nitrogens with zero attached hydrogens (tertiary/aromatic N) is 2. The molecule has 0 spiro atoms. The predicted molar refractivity (Wildman–Crippen MR) is 120 cm³/mol. The van der Waals surface area contributed by atoms with E-state index in [0.717, 1.165) is 37.1 Å². The van der Waals surface area contributed by atoms with Gasteiger partial charge in [-0.2, -0.15) is 5.10 Å². The molecule has 0 bridgehead atoms. The van der Waals surface area contributed by atoms with Gasteiger partial charge in [-0.1, -0.05) is 79.3 Å². The van der Waals surface area contributed by atoms with Crippen molar-refractivity contribution in [1.29, 1.82) is 0 Å². The summed E-state index contributed by atoms with van der Waals surface area (Å²) in [5.74, 6) is 0. The molecule has 0 radical (unpaired) electrons. The van der Waals surface area contributed by atoms with Crippen LogP contribution < -0.4 is 0 Å². The van der Waals surface area contributed by atoms with Gasteiger partial charge in [0.2, 0.25) is 0 Å². The Labute approximate surface area is 184 Å². The molecule has 0 saturated carbocycles. The van der Waals surface area contributed by atoms with Crippen LogP contribution in [0.5, 0.6) is 0 Å². The summed E-state index contributed by atoms with van der Waals surface area (Å²) < 4.78 is 3.93. The summed E-state index contributed by atoms with van der Waals surface area (Å²) >= 11 is 19.4. The van der Waals surface area contributed by atoms with Crippen LogP contribution in [0.25, 0.3) is 28.2 Å². The van der Waals surface area contributed by atoms with E-state index < -0.39 is 0 Å². The lowest BCUT2D eigenvalue weighted by Crippen LogP contribution is -1.99. The molecule has 0 amide bonds. The highest BCUT2D eigenvalue weighted by Crippen LogP contribution is 2.32. The van der Waals surface area contributed by atoms with Crippen LogP contribution in [-0.2, 0) is 0 Å². The zero-order valence-electron chi connectivity index (χ0n) is 13.8. The van der Waals surface area contributed by atoms with Gasteiger partial charge < -0.3 is 0 Å². The van der Waals surface area contributed by atoms with Crippen LogP contribution in [-0.4, -0.2) is 9.78 Å². The van der Waals surface area contributed by atoms with Gasteiger partial charge in [-0.15, -0.1) is 0 Å². The topological polar surface area (TPSA) is 17.8 Å². The van der Waals surface area contributed by atoms with Crippen LogP contribution in [0.4, 0.5) is 0 Å². The van der Waals surface area contributed by atoms with Crippen molar-refractivity contribution in [3.63, 3.8) is 0 Å². The maximum Gasteiger partial charge on any atom is 0.0934 e. The monoisotopic (exact) mass is 520 g/mol. The molecule has 6 heteroatoms. The molecule has 0 fully saturated rings. The second-order valence-corrected chi connectivity index (χ2v) is 8.67. The minimum absolute atomic E-state index is 0.569. The van der Waals surface area contributed by atoms with E-state index in [9.17, 15) is 0 Å². The first-order chi connectivity index (χ1) is 13.0. The predicted octanol–water partition coefficient (Wildman–Crippen LogP) is 8.04. The first kappa shape index (κ1) is 18.8. The minimum atomic E-state index is 0.569. The number of rotatable bonds is 3. The third-order valence-electron chi connectivity index (χ3n) is 4.08. The first-order valence-corrected chi connectivity index (χ1v) is 10.4. The van der Waals surface area contributed by atoms with Crippen molar-refractivity contribution in [2.75, 3.05) is 0 Å². The molecule has 0 atom stereocenters. The summed E-state index contributed by atoms with van der Waals surface area (Å²) in [6, 6.07) is 23.7. The van der Waals surface area contributed by atoms with Crippen molar-refractivity contribution in [3.05, 3.63) is 91.8 Å². The number of aromatic nitrogens is 2. The van der Waals surface area contributed by atoms with Crippen molar-refractivity contribution in [1.82, 2.24) is 9.78 Å². The third-order valence-corrected chi connectivity index (χ3v) is 5.57. The Morgan fingerprint density at radius 2 is 1.19 bits per heavy atom. The van der Waals surface area contributed by atoms with Crippen molar-refractivity contribution in [2.24, 2.45) is 0 Å². The second-order valence-electron chi connectivity index (χ2n) is 5.97. The average molecular weight is 523 g/mol. The van der Waals surface area contributed by atoms with E-state index in [2.05, 4.69) is 50.1 Å². The molecule has 0 aliphatic heterocycles. The van der Waals surface area contributed by atoms with Gasteiger partial charge in [0.05, 0.1) is 17.1 Å². The van der Waals surface area contributed by atoms with Crippen LogP contribution in [0.2, 0.25) is 10.0 Å². The zero-order chi connectivity index (χ0) is 19.0. The summed E-state index contributed by atoms with van der Waals surface area (Å²) in [6.45, 7) is 0. The molecule has 3 aromatic carbocycles. The number of hydrogen-bond donors (Lipinski definition) is 0. The van der Waals surface area contributed by atoms with E-state index in [1.807, 2.05) is 53.2 Å². The van der Waals surface area contributed by atoms with Crippen molar-refractivity contribution < 1.29 is 0 Å². The van der Waals surface area contributed by atoms with Crippen LogP contribution in [0.3, 0.4) is 0 Å². The van der Waals surface area contributed by atoms with E-state index in [4.69, 9.17) is 28.3 Å². The van der Waals surface area contributed by atoms with E-state index in [1.54, 1.807) is 6.07 Å². The molecular weight excluding hydrogens is 511 g/mol.